The van der Waals surface area contributed by atoms with E-state index in [0.717, 1.165) is 37.5 Å². The van der Waals surface area contributed by atoms with E-state index >= 15 is 0 Å². The molecular formula is C33H37NO7. The number of carbonyl (C=O) groups is 2. The molecule has 0 aliphatic heterocycles. The lowest BCUT2D eigenvalue weighted by molar-refractivity contribution is -0.131. The Bertz CT molecular complexity index is 1320. The molecule has 8 nitrogen and oxygen atoms in total. The maximum absolute atomic E-state index is 11.2. The number of methoxy groups -OCH3 is 1. The third kappa shape index (κ3) is 11.6. The third-order valence-corrected chi connectivity index (χ3v) is 6.29. The quantitative estimate of drug-likeness (QED) is 0.0974. The summed E-state index contributed by atoms with van der Waals surface area (Å²) in [4.78, 5) is 26.6. The molecule has 0 unspecified atom stereocenters. The summed E-state index contributed by atoms with van der Waals surface area (Å²) in [6, 6.07) is 18.1. The zero-order valence-electron chi connectivity index (χ0n) is 23.3. The minimum absolute atomic E-state index is 0.133. The van der Waals surface area contributed by atoms with Crippen molar-refractivity contribution in [2.24, 2.45) is 0 Å². The minimum Gasteiger partial charge on any atom is -0.497 e. The number of ether oxygens (including phenoxy) is 3. The van der Waals surface area contributed by atoms with E-state index in [-0.39, 0.29) is 12.2 Å². The van der Waals surface area contributed by atoms with Crippen LogP contribution in [-0.2, 0) is 17.8 Å². The normalized spacial score (nSPS) is 11.1. The molecule has 0 atom stereocenters. The molecule has 0 fully saturated rings. The van der Waals surface area contributed by atoms with E-state index in [0.29, 0.717) is 29.5 Å². The van der Waals surface area contributed by atoms with Gasteiger partial charge < -0.3 is 24.4 Å². The first kappa shape index (κ1) is 30.9. The molecule has 0 saturated carbocycles. The zero-order chi connectivity index (χ0) is 29.3. The molecule has 0 spiro atoms. The molecule has 0 aliphatic rings. The molecule has 1 heterocycles. The summed E-state index contributed by atoms with van der Waals surface area (Å²) in [5, 5.41) is 18.0. The van der Waals surface area contributed by atoms with E-state index < -0.39 is 11.9 Å². The number of rotatable bonds is 18. The van der Waals surface area contributed by atoms with Crippen LogP contribution in [0.2, 0.25) is 0 Å². The maximum Gasteiger partial charge on any atom is 0.335 e. The Morgan fingerprint density at radius 1 is 0.829 bits per heavy atom. The Morgan fingerprint density at radius 2 is 1.59 bits per heavy atom. The Hall–Kier alpha value is -4.59. The average Bonchev–Trinajstić information content (AvgIpc) is 2.98. The number of hydrogen-bond acceptors (Lipinski definition) is 6. The number of benzene rings is 2. The number of pyridine rings is 1. The number of allylic oxidation sites excluding steroid dienone is 2. The molecule has 3 aromatic rings. The van der Waals surface area contributed by atoms with Crippen molar-refractivity contribution in [3.8, 4) is 17.2 Å². The SMILES string of the molecule is COc1ccc(CCCCCCCCOc2ccc(COc3cccc(C(=O)O)c3)nc2C=C/C=C/C(=O)O)cc1. The highest BCUT2D eigenvalue weighted by atomic mass is 16.5. The molecule has 0 saturated heterocycles. The highest BCUT2D eigenvalue weighted by molar-refractivity contribution is 5.88. The monoisotopic (exact) mass is 559 g/mol. The maximum atomic E-state index is 11.2. The van der Waals surface area contributed by atoms with Crippen molar-refractivity contribution >= 4 is 18.0 Å². The summed E-state index contributed by atoms with van der Waals surface area (Å²) in [6.07, 6.45) is 13.5. The van der Waals surface area contributed by atoms with Crippen LogP contribution < -0.4 is 14.2 Å². The molecule has 1 aromatic heterocycles. The van der Waals surface area contributed by atoms with Crippen LogP contribution in [0.1, 0.15) is 65.8 Å². The lowest BCUT2D eigenvalue weighted by atomic mass is 10.0. The summed E-state index contributed by atoms with van der Waals surface area (Å²) in [7, 11) is 1.68. The number of unbranched alkanes of at least 4 members (excludes halogenated alkanes) is 5. The van der Waals surface area contributed by atoms with Gasteiger partial charge >= 0.3 is 11.9 Å². The van der Waals surface area contributed by atoms with E-state index in [1.165, 1.54) is 43.0 Å². The van der Waals surface area contributed by atoms with E-state index in [2.05, 4.69) is 17.1 Å². The predicted octanol–water partition coefficient (Wildman–Crippen LogP) is 6.98. The van der Waals surface area contributed by atoms with Crippen LogP contribution in [-0.4, -0.2) is 40.9 Å². The lowest BCUT2D eigenvalue weighted by Crippen LogP contribution is -2.04. The van der Waals surface area contributed by atoms with E-state index in [9.17, 15) is 9.59 Å². The minimum atomic E-state index is -1.04. The molecule has 3 rings (SSSR count). The van der Waals surface area contributed by atoms with Gasteiger partial charge in [0.15, 0.2) is 0 Å². The molecule has 2 aromatic carbocycles. The number of carboxylic acids is 2. The van der Waals surface area contributed by atoms with Crippen LogP contribution in [0.15, 0.2) is 78.9 Å². The number of carboxylic acid groups (broad SMARTS) is 2. The van der Waals surface area contributed by atoms with Crippen molar-refractivity contribution in [3.05, 3.63) is 101 Å². The summed E-state index contributed by atoms with van der Waals surface area (Å²) in [6.45, 7) is 0.685. The van der Waals surface area contributed by atoms with Gasteiger partial charge in [0.25, 0.3) is 0 Å². The number of aliphatic carboxylic acids is 1. The largest absolute Gasteiger partial charge is 0.497 e. The standard InChI is InChI=1S/C33H37NO7/c1-39-28-19-16-25(17-20-28)11-6-4-2-3-5-9-22-40-31-21-18-27(34-30(31)14-7-8-15-32(35)36)24-41-29-13-10-12-26(23-29)33(37)38/h7-8,10,12-21,23H,2-6,9,11,22,24H2,1H3,(H,35,36)(H,37,38)/b14-7?,15-8+. The van der Waals surface area contributed by atoms with Crippen molar-refractivity contribution in [1.82, 2.24) is 4.98 Å². The van der Waals surface area contributed by atoms with Gasteiger partial charge in [-0.15, -0.1) is 0 Å². The molecule has 216 valence electrons. The van der Waals surface area contributed by atoms with Gasteiger partial charge in [-0.2, -0.15) is 0 Å². The highest BCUT2D eigenvalue weighted by Gasteiger charge is 2.08. The molecule has 41 heavy (non-hydrogen) atoms. The fourth-order valence-corrected chi connectivity index (χ4v) is 4.10. The molecule has 2 N–H and O–H groups in total. The zero-order valence-corrected chi connectivity index (χ0v) is 23.3. The van der Waals surface area contributed by atoms with Crippen LogP contribution in [0.5, 0.6) is 17.2 Å². The van der Waals surface area contributed by atoms with Gasteiger partial charge in [-0.3, -0.25) is 0 Å². The van der Waals surface area contributed by atoms with Gasteiger partial charge in [0.1, 0.15) is 29.5 Å². The molecule has 0 amide bonds. The Morgan fingerprint density at radius 3 is 2.32 bits per heavy atom. The first-order valence-electron chi connectivity index (χ1n) is 13.7. The molecule has 0 bridgehead atoms. The van der Waals surface area contributed by atoms with E-state index in [1.54, 1.807) is 37.5 Å². The molecule has 0 aliphatic carbocycles. The van der Waals surface area contributed by atoms with Gasteiger partial charge in [0.2, 0.25) is 0 Å². The number of nitrogens with zero attached hydrogens (tertiary/aromatic N) is 1. The number of aromatic nitrogens is 1. The predicted molar refractivity (Wildman–Crippen MR) is 158 cm³/mol. The Labute approximate surface area is 240 Å². The topological polar surface area (TPSA) is 115 Å². The van der Waals surface area contributed by atoms with Crippen LogP contribution in [0, 0.1) is 0 Å². The van der Waals surface area contributed by atoms with Crippen LogP contribution in [0.25, 0.3) is 6.08 Å². The second kappa shape index (κ2) is 17.2. The smallest absolute Gasteiger partial charge is 0.335 e. The first-order chi connectivity index (χ1) is 19.9. The fourth-order valence-electron chi connectivity index (χ4n) is 4.10. The number of hydrogen-bond donors (Lipinski definition) is 2. The fraction of sp³-hybridized carbons (Fsp3) is 0.303. The Kier molecular flexibility index (Phi) is 13.0. The van der Waals surface area contributed by atoms with Gasteiger partial charge in [-0.1, -0.05) is 56.0 Å². The van der Waals surface area contributed by atoms with Crippen molar-refractivity contribution in [3.63, 3.8) is 0 Å². The molecule has 0 radical (unpaired) electrons. The lowest BCUT2D eigenvalue weighted by Gasteiger charge is -2.11. The van der Waals surface area contributed by atoms with Gasteiger partial charge in [-0.25, -0.2) is 14.6 Å². The van der Waals surface area contributed by atoms with Crippen LogP contribution >= 0.6 is 0 Å². The summed E-state index contributed by atoms with van der Waals surface area (Å²) in [5.74, 6) is -0.155. The summed E-state index contributed by atoms with van der Waals surface area (Å²) in [5.41, 5.74) is 2.65. The average molecular weight is 560 g/mol. The van der Waals surface area contributed by atoms with Crippen molar-refractivity contribution < 1.29 is 34.0 Å². The molecule has 8 heteroatoms. The van der Waals surface area contributed by atoms with Crippen LogP contribution in [0.3, 0.4) is 0 Å². The summed E-state index contributed by atoms with van der Waals surface area (Å²) >= 11 is 0. The van der Waals surface area contributed by atoms with E-state index in [1.807, 2.05) is 18.2 Å². The van der Waals surface area contributed by atoms with E-state index in [4.69, 9.17) is 24.4 Å². The van der Waals surface area contributed by atoms with Gasteiger partial charge in [-0.05, 0) is 73.4 Å². The second-order valence-corrected chi connectivity index (χ2v) is 9.43. The van der Waals surface area contributed by atoms with Crippen molar-refractivity contribution in [2.75, 3.05) is 13.7 Å². The molecular weight excluding hydrogens is 522 g/mol. The van der Waals surface area contributed by atoms with Crippen molar-refractivity contribution in [2.45, 2.75) is 51.6 Å². The first-order valence-corrected chi connectivity index (χ1v) is 13.7. The Balaban J connectivity index is 1.45. The third-order valence-electron chi connectivity index (χ3n) is 6.29. The number of aryl methyl sites for hydroxylation is 1. The number of aromatic carboxylic acids is 1. The second-order valence-electron chi connectivity index (χ2n) is 9.43. The summed E-state index contributed by atoms with van der Waals surface area (Å²) < 4.78 is 16.9. The van der Waals surface area contributed by atoms with Crippen LogP contribution in [0.4, 0.5) is 0 Å². The van der Waals surface area contributed by atoms with Gasteiger partial charge in [0, 0.05) is 6.08 Å². The highest BCUT2D eigenvalue weighted by Crippen LogP contribution is 2.21. The van der Waals surface area contributed by atoms with Gasteiger partial charge in [0.05, 0.1) is 25.0 Å². The van der Waals surface area contributed by atoms with Crippen molar-refractivity contribution in [1.29, 1.82) is 0 Å².